The van der Waals surface area contributed by atoms with Crippen LogP contribution in [0.2, 0.25) is 5.02 Å². The van der Waals surface area contributed by atoms with Crippen molar-refractivity contribution in [2.24, 2.45) is 0 Å². The number of rotatable bonds is 6. The second-order valence-corrected chi connectivity index (χ2v) is 5.89. The average Bonchev–Trinajstić information content (AvgIpc) is 2.98. The minimum atomic E-state index is 0.0861. The molecule has 1 N–H and O–H groups in total. The van der Waals surface area contributed by atoms with Crippen LogP contribution in [-0.4, -0.2) is 28.0 Å². The maximum Gasteiger partial charge on any atom is 0.159 e. The number of hydrogen-bond acceptors (Lipinski definition) is 5. The normalized spacial score (nSPS) is 15.3. The Bertz CT molecular complexity index is 674. The van der Waals surface area contributed by atoms with Gasteiger partial charge in [-0.2, -0.15) is 0 Å². The van der Waals surface area contributed by atoms with Gasteiger partial charge >= 0.3 is 0 Å². The van der Waals surface area contributed by atoms with Gasteiger partial charge in [-0.15, -0.1) is 10.2 Å². The van der Waals surface area contributed by atoms with Crippen LogP contribution in [0, 0.1) is 0 Å². The summed E-state index contributed by atoms with van der Waals surface area (Å²) in [4.78, 5) is 0. The van der Waals surface area contributed by atoms with E-state index in [9.17, 15) is 0 Å². The summed E-state index contributed by atoms with van der Waals surface area (Å²) in [6.07, 6.45) is 0. The van der Waals surface area contributed by atoms with Crippen molar-refractivity contribution in [2.75, 3.05) is 13.2 Å². The first-order valence-electron chi connectivity index (χ1n) is 7.83. The first kappa shape index (κ1) is 16.2. The minimum absolute atomic E-state index is 0.0861. The lowest BCUT2D eigenvalue weighted by Crippen LogP contribution is -2.24. The molecule has 1 aromatic heterocycles. The van der Waals surface area contributed by atoms with E-state index < -0.39 is 0 Å². The molecule has 0 aliphatic carbocycles. The fourth-order valence-electron chi connectivity index (χ4n) is 2.69. The molecular weight excluding hydrogens is 316 g/mol. The Hall–Kier alpha value is -1.63. The average molecular weight is 337 g/mol. The summed E-state index contributed by atoms with van der Waals surface area (Å²) in [5.74, 6) is 2.67. The lowest BCUT2D eigenvalue weighted by molar-refractivity contribution is 0.0804. The number of aromatic nitrogens is 3. The van der Waals surface area contributed by atoms with Crippen LogP contribution in [0.1, 0.15) is 37.1 Å². The maximum atomic E-state index is 6.13. The van der Waals surface area contributed by atoms with E-state index in [-0.39, 0.29) is 6.04 Å². The van der Waals surface area contributed by atoms with Crippen molar-refractivity contribution < 1.29 is 9.47 Å². The van der Waals surface area contributed by atoms with Gasteiger partial charge in [-0.1, -0.05) is 11.6 Å². The Kier molecular flexibility index (Phi) is 5.15. The van der Waals surface area contributed by atoms with Crippen LogP contribution in [0.3, 0.4) is 0 Å². The fourth-order valence-corrected chi connectivity index (χ4v) is 2.87. The van der Waals surface area contributed by atoms with E-state index in [1.165, 1.54) is 0 Å². The highest BCUT2D eigenvalue weighted by Gasteiger charge is 2.18. The molecule has 0 amide bonds. The SMILES string of the molecule is CCOc1ccc(Cl)cc1C(C)NCc1nnc2n1CCOC2. The molecule has 1 atom stereocenters. The Balaban J connectivity index is 1.71. The smallest absolute Gasteiger partial charge is 0.159 e. The van der Waals surface area contributed by atoms with Crippen LogP contribution < -0.4 is 10.1 Å². The molecule has 6 nitrogen and oxygen atoms in total. The Morgan fingerprint density at radius 3 is 3.13 bits per heavy atom. The molecule has 124 valence electrons. The van der Waals surface area contributed by atoms with Crippen molar-refractivity contribution in [3.8, 4) is 5.75 Å². The molecule has 23 heavy (non-hydrogen) atoms. The molecule has 1 aliphatic rings. The Morgan fingerprint density at radius 1 is 1.43 bits per heavy atom. The van der Waals surface area contributed by atoms with Gasteiger partial charge in [-0.3, -0.25) is 0 Å². The number of hydrogen-bond donors (Lipinski definition) is 1. The standard InChI is InChI=1S/C16H21ClN4O2/c1-3-23-14-5-4-12(17)8-13(14)11(2)18-9-15-19-20-16-10-22-7-6-21(15)16/h4-5,8,11,18H,3,6-7,9-10H2,1-2H3. The summed E-state index contributed by atoms with van der Waals surface area (Å²) in [5, 5.41) is 12.6. The van der Waals surface area contributed by atoms with E-state index in [2.05, 4.69) is 27.0 Å². The number of fused-ring (bicyclic) bond motifs is 1. The zero-order chi connectivity index (χ0) is 16.2. The van der Waals surface area contributed by atoms with Gasteiger partial charge in [0.15, 0.2) is 5.82 Å². The molecule has 7 heteroatoms. The summed E-state index contributed by atoms with van der Waals surface area (Å²) in [6, 6.07) is 5.79. The van der Waals surface area contributed by atoms with Gasteiger partial charge in [0.1, 0.15) is 18.2 Å². The van der Waals surface area contributed by atoms with Crippen molar-refractivity contribution >= 4 is 11.6 Å². The quantitative estimate of drug-likeness (QED) is 0.878. The molecule has 1 aliphatic heterocycles. The number of ether oxygens (including phenoxy) is 2. The largest absolute Gasteiger partial charge is 0.494 e. The maximum absolute atomic E-state index is 6.13. The highest BCUT2D eigenvalue weighted by molar-refractivity contribution is 6.30. The van der Waals surface area contributed by atoms with Gasteiger partial charge < -0.3 is 19.4 Å². The molecule has 0 fully saturated rings. The van der Waals surface area contributed by atoms with Crippen LogP contribution >= 0.6 is 11.6 Å². The number of benzene rings is 1. The predicted molar refractivity (Wildman–Crippen MR) is 87.6 cm³/mol. The first-order chi connectivity index (χ1) is 11.2. The zero-order valence-electron chi connectivity index (χ0n) is 13.4. The van der Waals surface area contributed by atoms with Crippen molar-refractivity contribution in [2.45, 2.75) is 39.6 Å². The van der Waals surface area contributed by atoms with Crippen molar-refractivity contribution in [3.05, 3.63) is 40.4 Å². The third-order valence-electron chi connectivity index (χ3n) is 3.90. The van der Waals surface area contributed by atoms with Crippen LogP contribution in [0.25, 0.3) is 0 Å². The summed E-state index contributed by atoms with van der Waals surface area (Å²) in [6.45, 7) is 7.36. The summed E-state index contributed by atoms with van der Waals surface area (Å²) >= 11 is 6.13. The lowest BCUT2D eigenvalue weighted by atomic mass is 10.1. The highest BCUT2D eigenvalue weighted by Crippen LogP contribution is 2.28. The van der Waals surface area contributed by atoms with Crippen LogP contribution in [0.5, 0.6) is 5.75 Å². The molecule has 0 radical (unpaired) electrons. The zero-order valence-corrected chi connectivity index (χ0v) is 14.1. The third kappa shape index (κ3) is 3.65. The summed E-state index contributed by atoms with van der Waals surface area (Å²) < 4.78 is 13.2. The van der Waals surface area contributed by atoms with Crippen molar-refractivity contribution in [3.63, 3.8) is 0 Å². The third-order valence-corrected chi connectivity index (χ3v) is 4.13. The molecule has 2 heterocycles. The second kappa shape index (κ2) is 7.29. The van der Waals surface area contributed by atoms with Gasteiger partial charge in [0, 0.05) is 23.2 Å². The van der Waals surface area contributed by atoms with E-state index >= 15 is 0 Å². The highest BCUT2D eigenvalue weighted by atomic mass is 35.5. The molecule has 0 bridgehead atoms. The molecule has 1 aromatic carbocycles. The fraction of sp³-hybridized carbons (Fsp3) is 0.500. The van der Waals surface area contributed by atoms with E-state index in [0.717, 1.165) is 29.5 Å². The first-order valence-corrected chi connectivity index (χ1v) is 8.21. The minimum Gasteiger partial charge on any atom is -0.494 e. The van der Waals surface area contributed by atoms with Crippen LogP contribution in [-0.2, 0) is 24.4 Å². The van der Waals surface area contributed by atoms with Crippen molar-refractivity contribution in [1.29, 1.82) is 0 Å². The van der Waals surface area contributed by atoms with E-state index in [0.29, 0.717) is 31.4 Å². The number of nitrogens with zero attached hydrogens (tertiary/aromatic N) is 3. The van der Waals surface area contributed by atoms with Gasteiger partial charge in [0.25, 0.3) is 0 Å². The number of nitrogens with one attached hydrogen (secondary N) is 1. The van der Waals surface area contributed by atoms with Crippen LogP contribution in [0.15, 0.2) is 18.2 Å². The molecule has 1 unspecified atom stereocenters. The summed E-state index contributed by atoms with van der Waals surface area (Å²) in [7, 11) is 0. The van der Waals surface area contributed by atoms with Crippen LogP contribution in [0.4, 0.5) is 0 Å². The van der Waals surface area contributed by atoms with Crippen molar-refractivity contribution in [1.82, 2.24) is 20.1 Å². The molecule has 0 saturated heterocycles. The Labute approximate surface area is 140 Å². The molecule has 3 rings (SSSR count). The summed E-state index contributed by atoms with van der Waals surface area (Å²) in [5.41, 5.74) is 1.04. The van der Waals surface area contributed by atoms with Gasteiger partial charge in [-0.25, -0.2) is 0 Å². The van der Waals surface area contributed by atoms with E-state index in [1.54, 1.807) is 0 Å². The second-order valence-electron chi connectivity index (χ2n) is 5.45. The monoisotopic (exact) mass is 336 g/mol. The molecule has 2 aromatic rings. The topological polar surface area (TPSA) is 61.2 Å². The lowest BCUT2D eigenvalue weighted by Gasteiger charge is -2.19. The van der Waals surface area contributed by atoms with E-state index in [1.807, 2.05) is 25.1 Å². The molecule has 0 saturated carbocycles. The molecular formula is C16H21ClN4O2. The predicted octanol–water partition coefficient (Wildman–Crippen LogP) is 2.71. The molecule has 0 spiro atoms. The van der Waals surface area contributed by atoms with Gasteiger partial charge in [-0.05, 0) is 32.0 Å². The number of halogens is 1. The van der Waals surface area contributed by atoms with Gasteiger partial charge in [0.2, 0.25) is 0 Å². The van der Waals surface area contributed by atoms with E-state index in [4.69, 9.17) is 21.1 Å². The Morgan fingerprint density at radius 2 is 2.30 bits per heavy atom. The van der Waals surface area contributed by atoms with Gasteiger partial charge in [0.05, 0.1) is 19.8 Å².